The third kappa shape index (κ3) is 7.43. The molecule has 0 N–H and O–H groups in total. The molecular weight excluding hydrogens is 444 g/mol. The molecule has 0 saturated carbocycles. The number of hydrogen-bond donors (Lipinski definition) is 0. The number of ether oxygens (including phenoxy) is 1. The second kappa shape index (κ2) is 11.5. The maximum atomic E-state index is 12.5. The molecule has 0 spiro atoms. The largest absolute Gasteiger partial charge is 0.465 e. The minimum Gasteiger partial charge on any atom is -0.465 e. The Morgan fingerprint density at radius 2 is 1.79 bits per heavy atom. The van der Waals surface area contributed by atoms with Crippen LogP contribution in [0.2, 0.25) is 18.1 Å². The van der Waals surface area contributed by atoms with Crippen LogP contribution in [0.5, 0.6) is 0 Å². The van der Waals surface area contributed by atoms with Crippen LogP contribution in [0.4, 0.5) is 0 Å². The molecule has 0 aromatic heterocycles. The summed E-state index contributed by atoms with van der Waals surface area (Å²) in [6.07, 6.45) is 3.11. The molecule has 1 heterocycles. The predicted molar refractivity (Wildman–Crippen MR) is 139 cm³/mol. The van der Waals surface area contributed by atoms with Crippen LogP contribution in [0.1, 0.15) is 69.8 Å². The third-order valence-electron chi connectivity index (χ3n) is 6.83. The van der Waals surface area contributed by atoms with Crippen molar-refractivity contribution in [2.45, 2.75) is 84.0 Å². The van der Waals surface area contributed by atoms with Crippen molar-refractivity contribution in [2.75, 3.05) is 26.7 Å². The molecule has 1 unspecified atom stereocenters. The summed E-state index contributed by atoms with van der Waals surface area (Å²) in [5.41, 5.74) is 1.11. The lowest BCUT2D eigenvalue weighted by molar-refractivity contribution is -0.137. The van der Waals surface area contributed by atoms with Gasteiger partial charge < -0.3 is 9.16 Å². The van der Waals surface area contributed by atoms with Crippen molar-refractivity contribution >= 4 is 20.2 Å². The molecular formula is C27H42N2O4Si. The Kier molecular flexibility index (Phi) is 9.52. The molecule has 7 heteroatoms. The summed E-state index contributed by atoms with van der Waals surface area (Å²) < 4.78 is 11.5. The Morgan fingerprint density at radius 1 is 1.15 bits per heavy atom. The monoisotopic (exact) mass is 486 g/mol. The number of carbonyl (C=O) groups excluding carboxylic acids is 2. The molecule has 1 aliphatic heterocycles. The van der Waals surface area contributed by atoms with Crippen molar-refractivity contribution in [1.82, 2.24) is 10.0 Å². The zero-order valence-corrected chi connectivity index (χ0v) is 23.3. The van der Waals surface area contributed by atoms with Gasteiger partial charge in [0.15, 0.2) is 8.32 Å². The zero-order valence-electron chi connectivity index (χ0n) is 22.3. The van der Waals surface area contributed by atoms with Crippen molar-refractivity contribution < 1.29 is 18.8 Å². The van der Waals surface area contributed by atoms with Crippen molar-refractivity contribution in [1.29, 1.82) is 0 Å². The first-order chi connectivity index (χ1) is 15.8. The van der Waals surface area contributed by atoms with Gasteiger partial charge in [0.05, 0.1) is 19.2 Å². The van der Waals surface area contributed by atoms with Crippen molar-refractivity contribution in [3.63, 3.8) is 0 Å². The number of rotatable bonds is 9. The SMILES string of the molecule is CCCC(C)(C#CCN1CCC(=O)N1CCc1ccc(C(=O)OC)cc1)O[Si](C)(C)C(C)(C)C. The smallest absolute Gasteiger partial charge is 0.337 e. The number of benzene rings is 1. The summed E-state index contributed by atoms with van der Waals surface area (Å²) in [6.45, 7) is 17.3. The Labute approximate surface area is 207 Å². The molecule has 188 valence electrons. The molecule has 6 nitrogen and oxygen atoms in total. The number of methoxy groups -OCH3 is 1. The van der Waals surface area contributed by atoms with Crippen LogP contribution in [0.25, 0.3) is 0 Å². The van der Waals surface area contributed by atoms with Gasteiger partial charge in [-0.1, -0.05) is 58.1 Å². The van der Waals surface area contributed by atoms with Crippen LogP contribution in [0.3, 0.4) is 0 Å². The Balaban J connectivity index is 2.04. The van der Waals surface area contributed by atoms with Gasteiger partial charge in [-0.2, -0.15) is 0 Å². The van der Waals surface area contributed by atoms with Gasteiger partial charge in [-0.05, 0) is 55.6 Å². The molecule has 1 amide bonds. The Hall–Kier alpha value is -2.14. The highest BCUT2D eigenvalue weighted by Crippen LogP contribution is 2.40. The standard InChI is InChI=1S/C27H42N2O4Si/c1-9-17-27(5,33-34(7,8)26(2,3)4)18-10-19-28-20-16-24(30)29(28)21-15-22-11-13-23(14-12-22)25(31)32-6/h11-14H,9,15-17,19-21H2,1-8H3. The summed E-state index contributed by atoms with van der Waals surface area (Å²) in [7, 11) is -0.585. The lowest BCUT2D eigenvalue weighted by Crippen LogP contribution is -2.48. The van der Waals surface area contributed by atoms with E-state index in [1.807, 2.05) is 22.2 Å². The molecule has 0 radical (unpaired) electrons. The summed E-state index contributed by atoms with van der Waals surface area (Å²) in [4.78, 5) is 24.1. The van der Waals surface area contributed by atoms with E-state index >= 15 is 0 Å². The molecule has 1 aromatic rings. The molecule has 0 bridgehead atoms. The van der Waals surface area contributed by atoms with E-state index in [1.54, 1.807) is 12.1 Å². The highest BCUT2D eigenvalue weighted by molar-refractivity contribution is 6.74. The first kappa shape index (κ1) is 28.1. The van der Waals surface area contributed by atoms with Crippen LogP contribution in [-0.2, 0) is 20.4 Å². The fourth-order valence-corrected chi connectivity index (χ4v) is 5.46. The van der Waals surface area contributed by atoms with Crippen molar-refractivity contribution in [3.8, 4) is 11.8 Å². The molecule has 1 aromatic carbocycles. The van der Waals surface area contributed by atoms with Crippen LogP contribution < -0.4 is 0 Å². The molecule has 1 aliphatic rings. The third-order valence-corrected chi connectivity index (χ3v) is 11.4. The van der Waals surface area contributed by atoms with E-state index in [9.17, 15) is 9.59 Å². The number of hydrazine groups is 1. The van der Waals surface area contributed by atoms with Crippen LogP contribution in [0, 0.1) is 11.8 Å². The van der Waals surface area contributed by atoms with E-state index in [-0.39, 0.29) is 16.9 Å². The molecule has 1 atom stereocenters. The maximum absolute atomic E-state index is 12.5. The Bertz CT molecular complexity index is 911. The normalized spacial score (nSPS) is 16.7. The molecule has 2 rings (SSSR count). The first-order valence-corrected chi connectivity index (χ1v) is 15.2. The van der Waals surface area contributed by atoms with E-state index in [1.165, 1.54) is 7.11 Å². The van der Waals surface area contributed by atoms with Crippen LogP contribution in [0.15, 0.2) is 24.3 Å². The predicted octanol–water partition coefficient (Wildman–Crippen LogP) is 5.05. The van der Waals surface area contributed by atoms with E-state index in [0.29, 0.717) is 38.0 Å². The minimum absolute atomic E-state index is 0.122. The fraction of sp³-hybridized carbons (Fsp3) is 0.630. The van der Waals surface area contributed by atoms with Gasteiger partial charge in [-0.25, -0.2) is 9.80 Å². The Morgan fingerprint density at radius 3 is 2.35 bits per heavy atom. The lowest BCUT2D eigenvalue weighted by Gasteiger charge is -2.42. The second-order valence-electron chi connectivity index (χ2n) is 10.7. The molecule has 1 fully saturated rings. The second-order valence-corrected chi connectivity index (χ2v) is 15.5. The van der Waals surface area contributed by atoms with Gasteiger partial charge in [0.1, 0.15) is 5.60 Å². The number of nitrogens with zero attached hydrogens (tertiary/aromatic N) is 2. The van der Waals surface area contributed by atoms with Crippen molar-refractivity contribution in [3.05, 3.63) is 35.4 Å². The van der Waals surface area contributed by atoms with Gasteiger partial charge in [0.25, 0.3) is 0 Å². The van der Waals surface area contributed by atoms with Crippen LogP contribution >= 0.6 is 0 Å². The maximum Gasteiger partial charge on any atom is 0.337 e. The van der Waals surface area contributed by atoms with E-state index in [4.69, 9.17) is 9.16 Å². The number of esters is 1. The van der Waals surface area contributed by atoms with Gasteiger partial charge in [0.2, 0.25) is 5.91 Å². The first-order valence-electron chi connectivity index (χ1n) is 12.2. The van der Waals surface area contributed by atoms with E-state index in [0.717, 1.165) is 18.4 Å². The van der Waals surface area contributed by atoms with E-state index in [2.05, 4.69) is 59.6 Å². The number of carbonyl (C=O) groups is 2. The zero-order chi connectivity index (χ0) is 25.6. The topological polar surface area (TPSA) is 59.1 Å². The lowest BCUT2D eigenvalue weighted by atomic mass is 10.0. The molecule has 1 saturated heterocycles. The molecule has 0 aliphatic carbocycles. The van der Waals surface area contributed by atoms with Crippen LogP contribution in [-0.4, -0.2) is 62.6 Å². The average Bonchev–Trinajstić information content (AvgIpc) is 3.10. The van der Waals surface area contributed by atoms with Gasteiger partial charge in [-0.15, -0.1) is 0 Å². The van der Waals surface area contributed by atoms with Gasteiger partial charge in [-0.3, -0.25) is 9.80 Å². The summed E-state index contributed by atoms with van der Waals surface area (Å²) in [5, 5.41) is 3.97. The minimum atomic E-state index is -1.96. The number of hydrogen-bond acceptors (Lipinski definition) is 5. The van der Waals surface area contributed by atoms with Gasteiger partial charge >= 0.3 is 5.97 Å². The highest BCUT2D eigenvalue weighted by atomic mass is 28.4. The number of amides is 1. The fourth-order valence-electron chi connectivity index (χ4n) is 3.87. The van der Waals surface area contributed by atoms with Gasteiger partial charge in [0, 0.05) is 19.5 Å². The van der Waals surface area contributed by atoms with E-state index < -0.39 is 13.9 Å². The summed E-state index contributed by atoms with van der Waals surface area (Å²) >= 11 is 0. The summed E-state index contributed by atoms with van der Waals surface area (Å²) in [6, 6.07) is 7.33. The highest BCUT2D eigenvalue weighted by Gasteiger charge is 2.42. The quantitative estimate of drug-likeness (QED) is 0.278. The average molecular weight is 487 g/mol. The van der Waals surface area contributed by atoms with Crippen molar-refractivity contribution in [2.24, 2.45) is 0 Å². The summed E-state index contributed by atoms with van der Waals surface area (Å²) in [5.74, 6) is 6.53. The molecule has 34 heavy (non-hydrogen) atoms.